The summed E-state index contributed by atoms with van der Waals surface area (Å²) in [5.74, 6) is 0. The summed E-state index contributed by atoms with van der Waals surface area (Å²) in [6, 6.07) is 17.5. The molecule has 4 heterocycles. The number of pyridine rings is 1. The second kappa shape index (κ2) is 5.68. The van der Waals surface area contributed by atoms with Gasteiger partial charge in [-0.15, -0.1) is 0 Å². The fourth-order valence-electron chi connectivity index (χ4n) is 4.85. The monoisotopic (exact) mass is 333 g/mol. The van der Waals surface area contributed by atoms with E-state index in [4.69, 9.17) is 0 Å². The van der Waals surface area contributed by atoms with E-state index in [1.54, 1.807) is 0 Å². The van der Waals surface area contributed by atoms with E-state index in [2.05, 4.69) is 40.2 Å². The van der Waals surface area contributed by atoms with Gasteiger partial charge in [-0.2, -0.15) is 0 Å². The van der Waals surface area contributed by atoms with Crippen LogP contribution in [0.5, 0.6) is 0 Å². The summed E-state index contributed by atoms with van der Waals surface area (Å²) in [6.45, 7) is 0.986. The van der Waals surface area contributed by atoms with Gasteiger partial charge in [0.25, 0.3) is 0 Å². The zero-order valence-corrected chi connectivity index (χ0v) is 14.3. The predicted molar refractivity (Wildman–Crippen MR) is 97.1 cm³/mol. The van der Waals surface area contributed by atoms with Gasteiger partial charge < -0.3 is 9.51 Å². The molecule has 1 N–H and O–H groups in total. The summed E-state index contributed by atoms with van der Waals surface area (Å²) in [7, 11) is 0. The molecule has 2 fully saturated rings. The van der Waals surface area contributed by atoms with E-state index in [0.717, 1.165) is 30.7 Å². The standard InChI is InChI=1S/C21H23N3O/c25-21(19-14-22-20-8-4-5-11-23(19)20)12-17-9-10-18(13-21)24(17)15-16-6-2-1-3-7-16/h1-8,11,14,17-18,25H,9-10,12-13,15H2. The highest BCUT2D eigenvalue weighted by atomic mass is 16.3. The molecule has 3 aromatic rings. The molecule has 2 aliphatic heterocycles. The number of hydrogen-bond donors (Lipinski definition) is 1. The SMILES string of the molecule is OC1(c2cnc3ccccn23)CC2CCC(C1)N2Cc1ccccc1. The second-order valence-electron chi connectivity index (χ2n) is 7.56. The van der Waals surface area contributed by atoms with Crippen molar-refractivity contribution < 1.29 is 5.11 Å². The molecular weight excluding hydrogens is 310 g/mol. The first-order chi connectivity index (χ1) is 12.2. The normalized spacial score (nSPS) is 29.3. The number of hydrogen-bond acceptors (Lipinski definition) is 3. The zero-order chi connectivity index (χ0) is 16.9. The van der Waals surface area contributed by atoms with Crippen molar-refractivity contribution in [3.8, 4) is 0 Å². The molecule has 2 unspecified atom stereocenters. The molecule has 4 heteroatoms. The number of aliphatic hydroxyl groups is 1. The summed E-state index contributed by atoms with van der Waals surface area (Å²) in [4.78, 5) is 7.09. The summed E-state index contributed by atoms with van der Waals surface area (Å²) < 4.78 is 2.05. The fraction of sp³-hybridized carbons (Fsp3) is 0.381. The van der Waals surface area contributed by atoms with Gasteiger partial charge >= 0.3 is 0 Å². The smallest absolute Gasteiger partial charge is 0.136 e. The van der Waals surface area contributed by atoms with Gasteiger partial charge in [-0.05, 0) is 43.4 Å². The van der Waals surface area contributed by atoms with Crippen LogP contribution >= 0.6 is 0 Å². The summed E-state index contributed by atoms with van der Waals surface area (Å²) in [6.07, 6.45) is 7.81. The van der Waals surface area contributed by atoms with Crippen molar-refractivity contribution in [2.24, 2.45) is 0 Å². The van der Waals surface area contributed by atoms with Gasteiger partial charge in [0.2, 0.25) is 0 Å². The molecule has 2 atom stereocenters. The number of fused-ring (bicyclic) bond motifs is 3. The maximum Gasteiger partial charge on any atom is 0.136 e. The number of rotatable bonds is 3. The van der Waals surface area contributed by atoms with Crippen molar-refractivity contribution in [3.63, 3.8) is 0 Å². The lowest BCUT2D eigenvalue weighted by atomic mass is 9.83. The number of aromatic nitrogens is 2. The van der Waals surface area contributed by atoms with E-state index in [-0.39, 0.29) is 0 Å². The van der Waals surface area contributed by atoms with Crippen LogP contribution < -0.4 is 0 Å². The van der Waals surface area contributed by atoms with E-state index < -0.39 is 5.60 Å². The molecule has 2 aromatic heterocycles. The lowest BCUT2D eigenvalue weighted by Crippen LogP contribution is -2.49. The Balaban J connectivity index is 1.44. The molecule has 2 aliphatic rings. The quantitative estimate of drug-likeness (QED) is 0.799. The highest BCUT2D eigenvalue weighted by Gasteiger charge is 2.49. The van der Waals surface area contributed by atoms with Crippen molar-refractivity contribution in [2.75, 3.05) is 0 Å². The van der Waals surface area contributed by atoms with Crippen LogP contribution in [0, 0.1) is 0 Å². The van der Waals surface area contributed by atoms with Crippen LogP contribution in [-0.2, 0) is 12.1 Å². The number of imidazole rings is 1. The highest BCUT2D eigenvalue weighted by Crippen LogP contribution is 2.46. The van der Waals surface area contributed by atoms with Gasteiger partial charge in [-0.1, -0.05) is 36.4 Å². The van der Waals surface area contributed by atoms with Crippen molar-refractivity contribution in [3.05, 3.63) is 72.2 Å². The lowest BCUT2D eigenvalue weighted by molar-refractivity contribution is -0.0628. The van der Waals surface area contributed by atoms with E-state index >= 15 is 0 Å². The molecule has 25 heavy (non-hydrogen) atoms. The Morgan fingerprint density at radius 1 is 1.00 bits per heavy atom. The molecule has 128 valence electrons. The van der Waals surface area contributed by atoms with Crippen LogP contribution in [0.4, 0.5) is 0 Å². The van der Waals surface area contributed by atoms with Crippen LogP contribution in [0.2, 0.25) is 0 Å². The van der Waals surface area contributed by atoms with E-state index in [1.807, 2.05) is 35.0 Å². The molecular formula is C21H23N3O. The van der Waals surface area contributed by atoms with Gasteiger partial charge in [0, 0.05) is 24.8 Å². The first-order valence-electron chi connectivity index (χ1n) is 9.18. The lowest BCUT2D eigenvalue weighted by Gasteiger charge is -2.43. The molecule has 0 aliphatic carbocycles. The number of nitrogens with zero attached hydrogens (tertiary/aromatic N) is 3. The first kappa shape index (κ1) is 15.1. The third-order valence-corrected chi connectivity index (χ3v) is 6.02. The predicted octanol–water partition coefficient (Wildman–Crippen LogP) is 3.35. The Morgan fingerprint density at radius 3 is 2.48 bits per heavy atom. The third kappa shape index (κ3) is 2.48. The van der Waals surface area contributed by atoms with Gasteiger partial charge in [0.05, 0.1) is 11.9 Å². The number of piperidine rings is 1. The molecule has 0 amide bonds. The van der Waals surface area contributed by atoms with Crippen LogP contribution in [0.3, 0.4) is 0 Å². The second-order valence-corrected chi connectivity index (χ2v) is 7.56. The fourth-order valence-corrected chi connectivity index (χ4v) is 4.85. The van der Waals surface area contributed by atoms with Gasteiger partial charge in [-0.3, -0.25) is 4.90 Å². The Kier molecular flexibility index (Phi) is 3.43. The van der Waals surface area contributed by atoms with Gasteiger partial charge in [0.15, 0.2) is 0 Å². The third-order valence-electron chi connectivity index (χ3n) is 6.02. The molecule has 4 nitrogen and oxygen atoms in total. The average Bonchev–Trinajstić information content (AvgIpc) is 3.17. The van der Waals surface area contributed by atoms with Crippen LogP contribution in [0.25, 0.3) is 5.65 Å². The molecule has 2 saturated heterocycles. The van der Waals surface area contributed by atoms with E-state index in [0.29, 0.717) is 12.1 Å². The summed E-state index contributed by atoms with van der Waals surface area (Å²) in [5.41, 5.74) is 2.43. The molecule has 2 bridgehead atoms. The minimum absolute atomic E-state index is 0.443. The Morgan fingerprint density at radius 2 is 1.72 bits per heavy atom. The first-order valence-corrected chi connectivity index (χ1v) is 9.18. The van der Waals surface area contributed by atoms with Crippen molar-refractivity contribution in [1.29, 1.82) is 0 Å². The molecule has 0 radical (unpaired) electrons. The molecule has 1 aromatic carbocycles. The van der Waals surface area contributed by atoms with Crippen LogP contribution in [0.15, 0.2) is 60.9 Å². The minimum atomic E-state index is -0.778. The summed E-state index contributed by atoms with van der Waals surface area (Å²) in [5, 5.41) is 11.5. The van der Waals surface area contributed by atoms with Gasteiger partial charge in [0.1, 0.15) is 11.2 Å². The Hall–Kier alpha value is -2.17. The molecule has 0 spiro atoms. The van der Waals surface area contributed by atoms with E-state index in [1.165, 1.54) is 18.4 Å². The molecule has 0 saturated carbocycles. The highest BCUT2D eigenvalue weighted by molar-refractivity contribution is 5.41. The molecule has 5 rings (SSSR count). The summed E-state index contributed by atoms with van der Waals surface area (Å²) >= 11 is 0. The maximum atomic E-state index is 11.5. The Bertz CT molecular complexity index is 874. The average molecular weight is 333 g/mol. The van der Waals surface area contributed by atoms with Crippen molar-refractivity contribution >= 4 is 5.65 Å². The number of benzene rings is 1. The zero-order valence-electron chi connectivity index (χ0n) is 14.3. The minimum Gasteiger partial charge on any atom is -0.383 e. The van der Waals surface area contributed by atoms with Crippen molar-refractivity contribution in [2.45, 2.75) is 49.9 Å². The largest absolute Gasteiger partial charge is 0.383 e. The van der Waals surface area contributed by atoms with Crippen molar-refractivity contribution in [1.82, 2.24) is 14.3 Å². The maximum absolute atomic E-state index is 11.5. The topological polar surface area (TPSA) is 40.8 Å². The van der Waals surface area contributed by atoms with Crippen LogP contribution in [-0.4, -0.2) is 31.5 Å². The van der Waals surface area contributed by atoms with E-state index in [9.17, 15) is 5.11 Å². The van der Waals surface area contributed by atoms with Crippen LogP contribution in [0.1, 0.15) is 36.9 Å². The Labute approximate surface area is 147 Å². The van der Waals surface area contributed by atoms with Gasteiger partial charge in [-0.25, -0.2) is 4.98 Å².